The van der Waals surface area contributed by atoms with Gasteiger partial charge in [-0.05, 0) is 24.1 Å². The minimum absolute atomic E-state index is 0.887. The van der Waals surface area contributed by atoms with Gasteiger partial charge in [-0.3, -0.25) is 0 Å². The summed E-state index contributed by atoms with van der Waals surface area (Å²) in [5.41, 5.74) is 5.22. The van der Waals surface area contributed by atoms with E-state index in [0.29, 0.717) is 0 Å². The number of aryl methyl sites for hydroxylation is 1. The molecule has 15 heavy (non-hydrogen) atoms. The van der Waals surface area contributed by atoms with Crippen LogP contribution in [0.2, 0.25) is 0 Å². The molecule has 0 spiro atoms. The van der Waals surface area contributed by atoms with Crippen LogP contribution in [0.4, 0.5) is 0 Å². The molecule has 0 unspecified atom stereocenters. The molecular weight excluding hydrogens is 206 g/mol. The number of hydrogen-bond acceptors (Lipinski definition) is 3. The van der Waals surface area contributed by atoms with Crippen molar-refractivity contribution in [3.8, 4) is 17.0 Å². The average molecular weight is 219 g/mol. The van der Waals surface area contributed by atoms with Gasteiger partial charge in [0.05, 0.1) is 18.3 Å². The van der Waals surface area contributed by atoms with Gasteiger partial charge in [0.15, 0.2) is 0 Å². The lowest BCUT2D eigenvalue weighted by molar-refractivity contribution is 0.416. The van der Waals surface area contributed by atoms with Crippen LogP contribution in [0.25, 0.3) is 11.3 Å². The Morgan fingerprint density at radius 3 is 2.87 bits per heavy atom. The van der Waals surface area contributed by atoms with Crippen molar-refractivity contribution in [2.24, 2.45) is 0 Å². The Bertz CT molecular complexity index is 437. The highest BCUT2D eigenvalue weighted by atomic mass is 32.1. The summed E-state index contributed by atoms with van der Waals surface area (Å²) in [6, 6.07) is 6.25. The van der Waals surface area contributed by atoms with Gasteiger partial charge >= 0.3 is 0 Å². The third-order valence-electron chi connectivity index (χ3n) is 2.38. The summed E-state index contributed by atoms with van der Waals surface area (Å²) in [5, 5.41) is 2.04. The Balaban J connectivity index is 2.52. The maximum absolute atomic E-state index is 5.33. The summed E-state index contributed by atoms with van der Waals surface area (Å²) in [4.78, 5) is 4.31. The van der Waals surface area contributed by atoms with E-state index >= 15 is 0 Å². The van der Waals surface area contributed by atoms with Crippen LogP contribution in [-0.4, -0.2) is 12.1 Å². The molecular formula is C12H13NOS. The minimum Gasteiger partial charge on any atom is -0.496 e. The quantitative estimate of drug-likeness (QED) is 0.789. The first kappa shape index (κ1) is 10.2. The zero-order chi connectivity index (χ0) is 10.7. The summed E-state index contributed by atoms with van der Waals surface area (Å²) in [6.07, 6.45) is 1.03. The maximum atomic E-state index is 5.33. The van der Waals surface area contributed by atoms with Crippen molar-refractivity contribution in [2.75, 3.05) is 7.11 Å². The van der Waals surface area contributed by atoms with Crippen LogP contribution in [-0.2, 0) is 6.42 Å². The normalized spacial score (nSPS) is 10.3. The first-order valence-corrected chi connectivity index (χ1v) is 5.85. The Hall–Kier alpha value is -1.35. The van der Waals surface area contributed by atoms with Crippen molar-refractivity contribution in [1.29, 1.82) is 0 Å². The largest absolute Gasteiger partial charge is 0.496 e. The second-order valence-corrected chi connectivity index (χ2v) is 3.98. The van der Waals surface area contributed by atoms with Gasteiger partial charge in [0, 0.05) is 10.9 Å². The topological polar surface area (TPSA) is 22.1 Å². The van der Waals surface area contributed by atoms with Crippen molar-refractivity contribution in [2.45, 2.75) is 13.3 Å². The third-order valence-corrected chi connectivity index (χ3v) is 2.97. The molecule has 0 aliphatic carbocycles. The molecule has 1 heterocycles. The molecule has 1 aromatic carbocycles. The molecule has 0 bridgehead atoms. The highest BCUT2D eigenvalue weighted by molar-refractivity contribution is 7.07. The lowest BCUT2D eigenvalue weighted by Gasteiger charge is -2.07. The molecule has 0 amide bonds. The maximum Gasteiger partial charge on any atom is 0.128 e. The number of aromatic nitrogens is 1. The first-order chi connectivity index (χ1) is 7.35. The molecule has 0 N–H and O–H groups in total. The monoisotopic (exact) mass is 219 g/mol. The molecule has 2 aromatic rings. The van der Waals surface area contributed by atoms with Crippen molar-refractivity contribution in [3.05, 3.63) is 34.7 Å². The number of nitrogens with zero attached hydrogens (tertiary/aromatic N) is 1. The van der Waals surface area contributed by atoms with Crippen LogP contribution in [0.1, 0.15) is 12.5 Å². The summed E-state index contributed by atoms with van der Waals surface area (Å²) in [6.45, 7) is 2.15. The van der Waals surface area contributed by atoms with Gasteiger partial charge in [0.2, 0.25) is 0 Å². The standard InChI is InChI=1S/C12H13NOS/c1-3-9-4-5-12(14-2)10(6-9)11-7-15-8-13-11/h4-8H,3H2,1-2H3. The molecule has 0 saturated carbocycles. The SMILES string of the molecule is CCc1ccc(OC)c(-c2cscn2)c1. The van der Waals surface area contributed by atoms with E-state index in [1.165, 1.54) is 5.56 Å². The van der Waals surface area contributed by atoms with Crippen LogP contribution in [0.15, 0.2) is 29.1 Å². The summed E-state index contributed by atoms with van der Waals surface area (Å²) >= 11 is 1.60. The van der Waals surface area contributed by atoms with E-state index in [2.05, 4.69) is 24.0 Å². The molecule has 0 aliphatic rings. The second-order valence-electron chi connectivity index (χ2n) is 3.26. The number of ether oxygens (including phenoxy) is 1. The Morgan fingerprint density at radius 2 is 2.27 bits per heavy atom. The Labute approximate surface area is 93.6 Å². The minimum atomic E-state index is 0.887. The molecule has 0 radical (unpaired) electrons. The van der Waals surface area contributed by atoms with Gasteiger partial charge in [0.1, 0.15) is 5.75 Å². The molecule has 0 atom stereocenters. The van der Waals surface area contributed by atoms with Crippen molar-refractivity contribution >= 4 is 11.3 Å². The fourth-order valence-electron chi connectivity index (χ4n) is 1.52. The van der Waals surface area contributed by atoms with Crippen LogP contribution >= 0.6 is 11.3 Å². The molecule has 1 aromatic heterocycles. The predicted molar refractivity (Wildman–Crippen MR) is 63.5 cm³/mol. The molecule has 0 saturated heterocycles. The molecule has 3 heteroatoms. The summed E-state index contributed by atoms with van der Waals surface area (Å²) in [5.74, 6) is 0.887. The summed E-state index contributed by atoms with van der Waals surface area (Å²) in [7, 11) is 1.69. The van der Waals surface area contributed by atoms with Gasteiger partial charge in [-0.1, -0.05) is 13.0 Å². The van der Waals surface area contributed by atoms with Crippen LogP contribution in [0, 0.1) is 0 Å². The number of methoxy groups -OCH3 is 1. The Morgan fingerprint density at radius 1 is 1.40 bits per heavy atom. The molecule has 78 valence electrons. The lowest BCUT2D eigenvalue weighted by atomic mass is 10.1. The van der Waals surface area contributed by atoms with E-state index in [-0.39, 0.29) is 0 Å². The van der Waals surface area contributed by atoms with E-state index < -0.39 is 0 Å². The second kappa shape index (κ2) is 4.45. The number of benzene rings is 1. The van der Waals surface area contributed by atoms with E-state index in [1.54, 1.807) is 18.4 Å². The van der Waals surface area contributed by atoms with E-state index in [1.807, 2.05) is 17.0 Å². The highest BCUT2D eigenvalue weighted by Gasteiger charge is 2.07. The van der Waals surface area contributed by atoms with E-state index in [4.69, 9.17) is 4.74 Å². The fourth-order valence-corrected chi connectivity index (χ4v) is 2.07. The number of hydrogen-bond donors (Lipinski definition) is 0. The van der Waals surface area contributed by atoms with E-state index in [0.717, 1.165) is 23.4 Å². The van der Waals surface area contributed by atoms with E-state index in [9.17, 15) is 0 Å². The molecule has 0 aliphatic heterocycles. The summed E-state index contributed by atoms with van der Waals surface area (Å²) < 4.78 is 5.33. The number of rotatable bonds is 3. The lowest BCUT2D eigenvalue weighted by Crippen LogP contribution is -1.90. The van der Waals surface area contributed by atoms with Crippen molar-refractivity contribution < 1.29 is 4.74 Å². The van der Waals surface area contributed by atoms with Gasteiger partial charge < -0.3 is 4.74 Å². The predicted octanol–water partition coefficient (Wildman–Crippen LogP) is 3.38. The van der Waals surface area contributed by atoms with Gasteiger partial charge in [-0.25, -0.2) is 4.98 Å². The smallest absolute Gasteiger partial charge is 0.128 e. The van der Waals surface area contributed by atoms with Gasteiger partial charge in [-0.15, -0.1) is 11.3 Å². The van der Waals surface area contributed by atoms with Crippen molar-refractivity contribution in [1.82, 2.24) is 4.98 Å². The van der Waals surface area contributed by atoms with Crippen LogP contribution in [0.5, 0.6) is 5.75 Å². The first-order valence-electron chi connectivity index (χ1n) is 4.90. The zero-order valence-electron chi connectivity index (χ0n) is 8.86. The van der Waals surface area contributed by atoms with Gasteiger partial charge in [0.25, 0.3) is 0 Å². The average Bonchev–Trinajstić information content (AvgIpc) is 2.81. The van der Waals surface area contributed by atoms with Crippen LogP contribution < -0.4 is 4.74 Å². The molecule has 0 fully saturated rings. The zero-order valence-corrected chi connectivity index (χ0v) is 9.67. The highest BCUT2D eigenvalue weighted by Crippen LogP contribution is 2.30. The van der Waals surface area contributed by atoms with Crippen molar-refractivity contribution in [3.63, 3.8) is 0 Å². The number of thiazole rings is 1. The molecule has 2 nitrogen and oxygen atoms in total. The Kier molecular flexibility index (Phi) is 3.02. The van der Waals surface area contributed by atoms with Gasteiger partial charge in [-0.2, -0.15) is 0 Å². The van der Waals surface area contributed by atoms with Crippen LogP contribution in [0.3, 0.4) is 0 Å². The third kappa shape index (κ3) is 2.02. The molecule has 2 rings (SSSR count). The fraction of sp³-hybridized carbons (Fsp3) is 0.250.